The Morgan fingerprint density at radius 3 is 2.68 bits per heavy atom. The third-order valence-electron chi connectivity index (χ3n) is 2.84. The smallest absolute Gasteiger partial charge is 0.465 e. The summed E-state index contributed by atoms with van der Waals surface area (Å²) < 4.78 is 7.67. The van der Waals surface area contributed by atoms with Gasteiger partial charge in [-0.05, 0) is 30.5 Å². The zero-order valence-electron chi connectivity index (χ0n) is 12.8. The van der Waals surface area contributed by atoms with Crippen LogP contribution in [-0.2, 0) is 14.3 Å². The van der Waals surface area contributed by atoms with Crippen LogP contribution < -0.4 is 61.4 Å². The van der Waals surface area contributed by atoms with Crippen LogP contribution in [-0.4, -0.2) is 30.9 Å². The van der Waals surface area contributed by atoms with Crippen LogP contribution in [0.25, 0.3) is 0 Å². The van der Waals surface area contributed by atoms with Crippen LogP contribution in [0, 0.1) is 7.43 Å². The van der Waals surface area contributed by atoms with Crippen molar-refractivity contribution in [3.63, 3.8) is 0 Å². The minimum absolute atomic E-state index is 0. The number of amides is 2. The summed E-state index contributed by atoms with van der Waals surface area (Å²) in [6, 6.07) is 6.49. The third kappa shape index (κ3) is 5.77. The standard InChI is InChI=1S/C13H14N2O4S.CH3.K/c1-19-13(18)8-4-2-3-5-10(8)20-15-9-6-7-11(16)14-12(9)17;;/h2-5,9,15H,6-7H2,1H3,(H,14,16,17);1H3;/q;-1;+1. The number of piperidine rings is 1. The normalized spacial score (nSPS) is 16.9. The molecule has 0 aromatic heterocycles. The third-order valence-corrected chi connectivity index (χ3v) is 3.82. The summed E-state index contributed by atoms with van der Waals surface area (Å²) in [5.74, 6) is -1.03. The van der Waals surface area contributed by atoms with E-state index in [1.165, 1.54) is 19.1 Å². The number of imide groups is 1. The summed E-state index contributed by atoms with van der Waals surface area (Å²) in [7, 11) is 1.32. The first-order valence-corrected chi connectivity index (χ1v) is 6.87. The molecular formula is C14H17KN2O4S. The summed E-state index contributed by atoms with van der Waals surface area (Å²) in [5.41, 5.74) is 0.430. The molecule has 1 unspecified atom stereocenters. The van der Waals surface area contributed by atoms with Crippen molar-refractivity contribution in [1.82, 2.24) is 10.0 Å². The zero-order valence-corrected chi connectivity index (χ0v) is 16.8. The summed E-state index contributed by atoms with van der Waals surface area (Å²) in [5, 5.41) is 2.27. The van der Waals surface area contributed by atoms with E-state index in [4.69, 9.17) is 4.74 Å². The molecule has 6 nitrogen and oxygen atoms in total. The number of carbonyl (C=O) groups is 3. The second-order valence-corrected chi connectivity index (χ2v) is 5.09. The van der Waals surface area contributed by atoms with Gasteiger partial charge in [-0.25, -0.2) is 9.52 Å². The van der Waals surface area contributed by atoms with Gasteiger partial charge in [0.05, 0.1) is 18.7 Å². The Labute approximate surface area is 176 Å². The first-order valence-electron chi connectivity index (χ1n) is 6.05. The number of esters is 1. The zero-order chi connectivity index (χ0) is 14.5. The van der Waals surface area contributed by atoms with Crippen molar-refractivity contribution in [2.45, 2.75) is 23.8 Å². The van der Waals surface area contributed by atoms with Crippen LogP contribution in [0.15, 0.2) is 29.2 Å². The van der Waals surface area contributed by atoms with E-state index in [9.17, 15) is 14.4 Å². The van der Waals surface area contributed by atoms with Gasteiger partial charge in [-0.3, -0.25) is 14.9 Å². The van der Waals surface area contributed by atoms with E-state index in [-0.39, 0.29) is 70.6 Å². The Morgan fingerprint density at radius 2 is 2.05 bits per heavy atom. The van der Waals surface area contributed by atoms with E-state index >= 15 is 0 Å². The van der Waals surface area contributed by atoms with E-state index < -0.39 is 12.0 Å². The van der Waals surface area contributed by atoms with Crippen molar-refractivity contribution in [1.29, 1.82) is 0 Å². The average molecular weight is 348 g/mol. The molecule has 1 aliphatic rings. The van der Waals surface area contributed by atoms with Crippen molar-refractivity contribution in [2.75, 3.05) is 7.11 Å². The van der Waals surface area contributed by atoms with Gasteiger partial charge in [0.15, 0.2) is 0 Å². The molecular weight excluding hydrogens is 331 g/mol. The average Bonchev–Trinajstić information content (AvgIpc) is 2.46. The van der Waals surface area contributed by atoms with E-state index in [2.05, 4.69) is 10.0 Å². The number of nitrogens with one attached hydrogen (secondary N) is 2. The van der Waals surface area contributed by atoms with Gasteiger partial charge in [-0.2, -0.15) is 0 Å². The van der Waals surface area contributed by atoms with Crippen LogP contribution >= 0.6 is 11.9 Å². The Kier molecular flexibility index (Phi) is 10.4. The van der Waals surface area contributed by atoms with Gasteiger partial charge in [0, 0.05) is 11.3 Å². The molecule has 8 heteroatoms. The number of ether oxygens (including phenoxy) is 1. The molecule has 22 heavy (non-hydrogen) atoms. The molecule has 2 amide bonds. The summed E-state index contributed by atoms with van der Waals surface area (Å²) in [4.78, 5) is 34.9. The van der Waals surface area contributed by atoms with Gasteiger partial charge < -0.3 is 12.2 Å². The number of methoxy groups -OCH3 is 1. The molecule has 0 bridgehead atoms. The van der Waals surface area contributed by atoms with Gasteiger partial charge >= 0.3 is 57.4 Å². The van der Waals surface area contributed by atoms with Gasteiger partial charge in [0.1, 0.15) is 0 Å². The van der Waals surface area contributed by atoms with E-state index in [1.54, 1.807) is 24.3 Å². The van der Waals surface area contributed by atoms with Crippen molar-refractivity contribution in [3.05, 3.63) is 37.3 Å². The molecule has 1 saturated heterocycles. The maximum atomic E-state index is 11.6. The fourth-order valence-electron chi connectivity index (χ4n) is 1.77. The second-order valence-electron chi connectivity index (χ2n) is 4.21. The van der Waals surface area contributed by atoms with E-state index in [0.29, 0.717) is 23.3 Å². The topological polar surface area (TPSA) is 84.5 Å². The number of hydrogen-bond acceptors (Lipinski definition) is 6. The molecule has 2 N–H and O–H groups in total. The molecule has 1 aromatic rings. The van der Waals surface area contributed by atoms with Gasteiger partial charge in [0.2, 0.25) is 11.8 Å². The molecule has 0 radical (unpaired) electrons. The summed E-state index contributed by atoms with van der Waals surface area (Å²) in [6.07, 6.45) is 0.751. The predicted octanol–water partition coefficient (Wildman–Crippen LogP) is -1.67. The van der Waals surface area contributed by atoms with Crippen molar-refractivity contribution in [2.24, 2.45) is 0 Å². The molecule has 1 heterocycles. The van der Waals surface area contributed by atoms with Crippen LogP contribution in [0.2, 0.25) is 0 Å². The van der Waals surface area contributed by atoms with Crippen LogP contribution in [0.1, 0.15) is 23.2 Å². The molecule has 0 spiro atoms. The quantitative estimate of drug-likeness (QED) is 0.223. The fraction of sp³-hybridized carbons (Fsp3) is 0.286. The Morgan fingerprint density at radius 1 is 1.36 bits per heavy atom. The second kappa shape index (κ2) is 10.5. The first-order chi connectivity index (χ1) is 9.61. The van der Waals surface area contributed by atoms with Gasteiger partial charge in [-0.1, -0.05) is 12.1 Å². The van der Waals surface area contributed by atoms with E-state index in [0.717, 1.165) is 0 Å². The molecule has 0 aliphatic carbocycles. The number of rotatable bonds is 4. The monoisotopic (exact) mass is 348 g/mol. The largest absolute Gasteiger partial charge is 1.00 e. The Balaban J connectivity index is 0.00000220. The van der Waals surface area contributed by atoms with Gasteiger partial charge in [0.25, 0.3) is 0 Å². The molecule has 1 fully saturated rings. The molecule has 1 atom stereocenters. The number of hydrogen-bond donors (Lipinski definition) is 2. The van der Waals surface area contributed by atoms with Crippen LogP contribution in [0.4, 0.5) is 0 Å². The molecule has 2 rings (SSSR count). The fourth-order valence-corrected chi connectivity index (χ4v) is 2.68. The van der Waals surface area contributed by atoms with Crippen molar-refractivity contribution >= 4 is 29.7 Å². The SMILES string of the molecule is COC(=O)c1ccccc1SNC1CCC(=O)NC1=O.[CH3-].[K+]. The van der Waals surface area contributed by atoms with Crippen molar-refractivity contribution in [3.8, 4) is 0 Å². The Hall–Kier alpha value is -0.224. The van der Waals surface area contributed by atoms with Crippen LogP contribution in [0.3, 0.4) is 0 Å². The summed E-state index contributed by atoms with van der Waals surface area (Å²) >= 11 is 1.18. The van der Waals surface area contributed by atoms with Crippen LogP contribution in [0.5, 0.6) is 0 Å². The minimum Gasteiger partial charge on any atom is -0.465 e. The van der Waals surface area contributed by atoms with Crippen molar-refractivity contribution < 1.29 is 70.5 Å². The maximum absolute atomic E-state index is 11.6. The molecule has 114 valence electrons. The first kappa shape index (κ1) is 21.8. The van der Waals surface area contributed by atoms with Gasteiger partial charge in [-0.15, -0.1) is 0 Å². The Bertz CT molecular complexity index is 553. The predicted molar refractivity (Wildman–Crippen MR) is 79.4 cm³/mol. The van der Waals surface area contributed by atoms with E-state index in [1.807, 2.05) is 0 Å². The molecule has 1 aromatic carbocycles. The number of carbonyl (C=O) groups excluding carboxylic acids is 3. The molecule has 0 saturated carbocycles. The minimum atomic E-state index is -0.455. The molecule has 1 aliphatic heterocycles. The maximum Gasteiger partial charge on any atom is 1.00 e. The number of benzene rings is 1. The summed E-state index contributed by atoms with van der Waals surface area (Å²) in [6.45, 7) is 0.